The van der Waals surface area contributed by atoms with E-state index in [1.165, 1.54) is 12.3 Å². The van der Waals surface area contributed by atoms with Gasteiger partial charge in [-0.05, 0) is 37.1 Å². The number of pyridine rings is 1. The van der Waals surface area contributed by atoms with E-state index in [1.807, 2.05) is 61.3 Å². The molecule has 0 radical (unpaired) electrons. The maximum absolute atomic E-state index is 13.1. The maximum atomic E-state index is 13.1. The number of rotatable bonds is 5. The van der Waals surface area contributed by atoms with Gasteiger partial charge in [-0.15, -0.1) is 0 Å². The van der Waals surface area contributed by atoms with E-state index in [1.54, 1.807) is 21.7 Å². The monoisotopic (exact) mass is 432 g/mol. The minimum atomic E-state index is -0.609. The van der Waals surface area contributed by atoms with Crippen LogP contribution < -0.4 is 10.4 Å². The lowest BCUT2D eigenvalue weighted by Gasteiger charge is -2.45. The van der Waals surface area contributed by atoms with Crippen LogP contribution in [0.15, 0.2) is 71.7 Å². The molecule has 164 valence electrons. The van der Waals surface area contributed by atoms with Crippen molar-refractivity contribution in [2.24, 2.45) is 0 Å². The van der Waals surface area contributed by atoms with Gasteiger partial charge in [0, 0.05) is 30.4 Å². The second-order valence-corrected chi connectivity index (χ2v) is 7.95. The summed E-state index contributed by atoms with van der Waals surface area (Å²) in [5.74, 6) is -0.985. The summed E-state index contributed by atoms with van der Waals surface area (Å²) >= 11 is 0. The van der Waals surface area contributed by atoms with Crippen LogP contribution in [-0.4, -0.2) is 44.8 Å². The molecule has 8 heteroatoms. The Morgan fingerprint density at radius 1 is 1.00 bits per heavy atom. The summed E-state index contributed by atoms with van der Waals surface area (Å²) in [6.45, 7) is 7.37. The molecule has 1 aliphatic rings. The predicted octanol–water partition coefficient (Wildman–Crippen LogP) is 2.95. The Bertz CT molecular complexity index is 1220. The molecule has 2 aromatic carbocycles. The van der Waals surface area contributed by atoms with E-state index in [2.05, 4.69) is 6.72 Å². The summed E-state index contributed by atoms with van der Waals surface area (Å²) < 4.78 is 2.09. The molecule has 0 saturated carbocycles. The molecule has 8 nitrogen and oxygen atoms in total. The molecular formula is C24H24N4O4. The van der Waals surface area contributed by atoms with Gasteiger partial charge in [0.2, 0.25) is 11.1 Å². The highest BCUT2D eigenvalue weighted by Crippen LogP contribution is 2.33. The fourth-order valence-corrected chi connectivity index (χ4v) is 3.95. The summed E-state index contributed by atoms with van der Waals surface area (Å²) in [5.41, 5.74) is 1.54. The van der Waals surface area contributed by atoms with Crippen molar-refractivity contribution in [3.8, 4) is 5.75 Å². The van der Waals surface area contributed by atoms with E-state index < -0.39 is 17.1 Å². The number of benzene rings is 2. The zero-order valence-corrected chi connectivity index (χ0v) is 17.9. The Kier molecular flexibility index (Phi) is 5.44. The molecule has 1 aliphatic heterocycles. The molecule has 0 spiro atoms. The van der Waals surface area contributed by atoms with Crippen LogP contribution in [0.4, 0.5) is 5.69 Å². The van der Waals surface area contributed by atoms with Crippen molar-refractivity contribution in [3.05, 3.63) is 99.1 Å². The number of hydrogen-bond donors (Lipinski definition) is 1. The average molecular weight is 432 g/mol. The first-order valence-corrected chi connectivity index (χ1v) is 10.2. The van der Waals surface area contributed by atoms with E-state index in [0.29, 0.717) is 10.4 Å². The van der Waals surface area contributed by atoms with Gasteiger partial charge in [-0.25, -0.2) is 0 Å². The lowest BCUT2D eigenvalue weighted by Crippen LogP contribution is -2.57. The van der Waals surface area contributed by atoms with Crippen molar-refractivity contribution < 1.29 is 14.6 Å². The van der Waals surface area contributed by atoms with Gasteiger partial charge in [0.05, 0.1) is 6.04 Å². The van der Waals surface area contributed by atoms with E-state index in [4.69, 9.17) is 0 Å². The van der Waals surface area contributed by atoms with Crippen LogP contribution in [0.1, 0.15) is 41.5 Å². The molecule has 1 atom stereocenters. The Hall–Kier alpha value is -4.07. The van der Waals surface area contributed by atoms with Gasteiger partial charge in [-0.2, -0.15) is 4.74 Å². The number of amides is 1. The first-order valence-electron chi connectivity index (χ1n) is 10.2. The summed E-state index contributed by atoms with van der Waals surface area (Å²) in [6, 6.07) is 17.5. The largest absolute Gasteiger partial charge is 0.619 e. The molecular weight excluding hydrogens is 408 g/mol. The Morgan fingerprint density at radius 2 is 1.62 bits per heavy atom. The molecule has 1 unspecified atom stereocenters. The zero-order valence-electron chi connectivity index (χ0n) is 17.9. The fraction of sp³-hybridized carbons (Fsp3) is 0.208. The molecule has 1 N–H and O–H groups in total. The third kappa shape index (κ3) is 3.60. The minimum Gasteiger partial charge on any atom is -0.619 e. The number of carbonyl (C=O) groups excluding carboxylic acids is 1. The molecule has 0 saturated heterocycles. The first-order chi connectivity index (χ1) is 15.3. The fourth-order valence-electron chi connectivity index (χ4n) is 3.95. The van der Waals surface area contributed by atoms with Crippen LogP contribution in [0.2, 0.25) is 0 Å². The van der Waals surface area contributed by atoms with Crippen molar-refractivity contribution >= 4 is 18.3 Å². The lowest BCUT2D eigenvalue weighted by molar-refractivity contribution is -0.349. The highest BCUT2D eigenvalue weighted by molar-refractivity contribution is 5.96. The molecule has 2 heterocycles. The third-order valence-electron chi connectivity index (χ3n) is 5.62. The standard InChI is InChI=1S/C24H24N4O4/c1-16(2)26-15-28(27-14-13-20(29)23(30)22(27)24(26)31)21(17-7-5-4-6-8-17)18-9-11-19(12-10-18)25(3)32/h4-14,16,21,30H,3,15H2,1-2H3. The minimum absolute atomic E-state index is 0.0708. The summed E-state index contributed by atoms with van der Waals surface area (Å²) in [7, 11) is 0. The lowest BCUT2D eigenvalue weighted by atomic mass is 9.97. The number of aromatic nitrogens is 1. The van der Waals surface area contributed by atoms with Crippen LogP contribution in [-0.2, 0) is 0 Å². The first kappa shape index (κ1) is 21.2. The smallest absolute Gasteiger partial charge is 0.278 e. The molecule has 1 amide bonds. The molecule has 0 fully saturated rings. The zero-order chi connectivity index (χ0) is 23.0. The van der Waals surface area contributed by atoms with Gasteiger partial charge >= 0.3 is 0 Å². The van der Waals surface area contributed by atoms with E-state index in [-0.39, 0.29) is 24.4 Å². The van der Waals surface area contributed by atoms with Crippen molar-refractivity contribution in [3.63, 3.8) is 0 Å². The van der Waals surface area contributed by atoms with E-state index in [0.717, 1.165) is 11.1 Å². The highest BCUT2D eigenvalue weighted by Gasteiger charge is 2.37. The molecule has 0 aliphatic carbocycles. The molecule has 1 aromatic heterocycles. The molecule has 4 rings (SSSR count). The van der Waals surface area contributed by atoms with Crippen LogP contribution >= 0.6 is 0 Å². The van der Waals surface area contributed by atoms with Gasteiger partial charge in [0.1, 0.15) is 13.4 Å². The van der Waals surface area contributed by atoms with Crippen LogP contribution in [0.25, 0.3) is 0 Å². The Morgan fingerprint density at radius 3 is 2.22 bits per heavy atom. The maximum Gasteiger partial charge on any atom is 0.278 e. The van der Waals surface area contributed by atoms with Crippen LogP contribution in [0, 0.1) is 5.21 Å². The Balaban J connectivity index is 1.93. The SMILES string of the molecule is C=[N+]([O-])c1ccc(C(c2ccccc2)N2CN(C(C)C)C(=O)c3c(O)c(=O)ccn32)cc1. The van der Waals surface area contributed by atoms with Crippen molar-refractivity contribution in [1.82, 2.24) is 9.58 Å². The summed E-state index contributed by atoms with van der Waals surface area (Å²) in [5, 5.41) is 24.0. The second-order valence-electron chi connectivity index (χ2n) is 7.95. The average Bonchev–Trinajstić information content (AvgIpc) is 2.78. The number of hydrogen-bond acceptors (Lipinski definition) is 5. The number of carbonyl (C=O) groups is 1. The predicted molar refractivity (Wildman–Crippen MR) is 122 cm³/mol. The number of fused-ring (bicyclic) bond motifs is 1. The van der Waals surface area contributed by atoms with Gasteiger partial charge in [0.15, 0.2) is 11.4 Å². The third-order valence-corrected chi connectivity index (χ3v) is 5.62. The van der Waals surface area contributed by atoms with Crippen molar-refractivity contribution in [2.75, 3.05) is 11.7 Å². The van der Waals surface area contributed by atoms with E-state index >= 15 is 0 Å². The molecule has 3 aromatic rings. The summed E-state index contributed by atoms with van der Waals surface area (Å²) in [4.78, 5) is 26.9. The van der Waals surface area contributed by atoms with Crippen molar-refractivity contribution in [2.45, 2.75) is 25.9 Å². The van der Waals surface area contributed by atoms with Crippen LogP contribution in [0.3, 0.4) is 0 Å². The number of aromatic hydroxyl groups is 1. The number of nitrogens with zero attached hydrogens (tertiary/aromatic N) is 4. The summed E-state index contributed by atoms with van der Waals surface area (Å²) in [6.07, 6.45) is 1.51. The van der Waals surface area contributed by atoms with Gasteiger partial charge < -0.3 is 15.2 Å². The second kappa shape index (κ2) is 8.22. The Labute approximate surface area is 185 Å². The molecule has 32 heavy (non-hydrogen) atoms. The van der Waals surface area contributed by atoms with Gasteiger partial charge in [-0.1, -0.05) is 30.3 Å². The van der Waals surface area contributed by atoms with Crippen molar-refractivity contribution in [1.29, 1.82) is 0 Å². The van der Waals surface area contributed by atoms with Gasteiger partial charge in [0.25, 0.3) is 5.91 Å². The topological polar surface area (TPSA) is 91.9 Å². The van der Waals surface area contributed by atoms with Crippen LogP contribution in [0.5, 0.6) is 5.75 Å². The normalized spacial score (nSPS) is 14.4. The van der Waals surface area contributed by atoms with Gasteiger partial charge in [-0.3, -0.25) is 19.3 Å². The molecule has 0 bridgehead atoms. The highest BCUT2D eigenvalue weighted by atomic mass is 16.5. The quantitative estimate of drug-likeness (QED) is 0.290. The van der Waals surface area contributed by atoms with E-state index in [9.17, 15) is 19.9 Å².